The minimum atomic E-state index is -0.104. The van der Waals surface area contributed by atoms with E-state index >= 15 is 0 Å². The van der Waals surface area contributed by atoms with Crippen LogP contribution in [0, 0.1) is 0 Å². The molecule has 21 heavy (non-hydrogen) atoms. The first-order chi connectivity index (χ1) is 10.2. The quantitative estimate of drug-likeness (QED) is 0.826. The predicted octanol–water partition coefficient (Wildman–Crippen LogP) is 3.10. The number of aromatic amines is 1. The Labute approximate surface area is 128 Å². The second kappa shape index (κ2) is 7.69. The van der Waals surface area contributed by atoms with Crippen molar-refractivity contribution in [1.29, 1.82) is 0 Å². The van der Waals surface area contributed by atoms with Crippen molar-refractivity contribution >= 4 is 17.5 Å². The number of rotatable bonds is 7. The molecular weight excluding hydrogens is 290 g/mol. The standard InChI is InChI=1S/C15H18ClN3O2/c1-2-12(15-17-8-9-18-15)19-14(20)7-10-21-13-6-4-3-5-11(13)16/h3-6,8-9,12H,2,7,10H2,1H3,(H,17,18)(H,19,20). The molecule has 1 aromatic heterocycles. The van der Waals surface area contributed by atoms with Crippen LogP contribution in [-0.4, -0.2) is 22.5 Å². The number of carbonyl (C=O) groups excluding carboxylic acids is 1. The highest BCUT2D eigenvalue weighted by Crippen LogP contribution is 2.23. The van der Waals surface area contributed by atoms with Gasteiger partial charge in [-0.15, -0.1) is 0 Å². The molecule has 0 spiro atoms. The summed E-state index contributed by atoms with van der Waals surface area (Å²) in [5.41, 5.74) is 0. The van der Waals surface area contributed by atoms with Crippen molar-refractivity contribution in [3.05, 3.63) is 47.5 Å². The molecule has 0 fully saturated rings. The van der Waals surface area contributed by atoms with Gasteiger partial charge < -0.3 is 15.0 Å². The van der Waals surface area contributed by atoms with Gasteiger partial charge in [-0.2, -0.15) is 0 Å². The maximum absolute atomic E-state index is 11.9. The number of halogens is 1. The number of H-pyrrole nitrogens is 1. The Balaban J connectivity index is 1.78. The van der Waals surface area contributed by atoms with Gasteiger partial charge in [-0.05, 0) is 18.6 Å². The minimum Gasteiger partial charge on any atom is -0.491 e. The van der Waals surface area contributed by atoms with Gasteiger partial charge in [0, 0.05) is 12.4 Å². The van der Waals surface area contributed by atoms with Crippen LogP contribution in [-0.2, 0) is 4.79 Å². The lowest BCUT2D eigenvalue weighted by molar-refractivity contribution is -0.122. The third-order valence-corrected chi connectivity index (χ3v) is 3.33. The highest BCUT2D eigenvalue weighted by atomic mass is 35.5. The van der Waals surface area contributed by atoms with Gasteiger partial charge in [-0.25, -0.2) is 4.98 Å². The zero-order valence-corrected chi connectivity index (χ0v) is 12.6. The lowest BCUT2D eigenvalue weighted by Crippen LogP contribution is -2.29. The van der Waals surface area contributed by atoms with Gasteiger partial charge >= 0.3 is 0 Å². The van der Waals surface area contributed by atoms with E-state index in [1.165, 1.54) is 0 Å². The Morgan fingerprint density at radius 1 is 1.48 bits per heavy atom. The number of aromatic nitrogens is 2. The van der Waals surface area contributed by atoms with Gasteiger partial charge in [0.1, 0.15) is 11.6 Å². The number of hydrogen-bond donors (Lipinski definition) is 2. The van der Waals surface area contributed by atoms with Gasteiger partial charge in [0.15, 0.2) is 0 Å². The van der Waals surface area contributed by atoms with Gasteiger partial charge in [0.25, 0.3) is 0 Å². The second-order valence-corrected chi connectivity index (χ2v) is 4.94. The van der Waals surface area contributed by atoms with E-state index in [-0.39, 0.29) is 25.0 Å². The van der Waals surface area contributed by atoms with Gasteiger partial charge in [0.05, 0.1) is 24.1 Å². The molecule has 0 aliphatic heterocycles. The fourth-order valence-electron chi connectivity index (χ4n) is 1.91. The Morgan fingerprint density at radius 2 is 2.29 bits per heavy atom. The number of imidazole rings is 1. The van der Waals surface area contributed by atoms with Crippen molar-refractivity contribution in [2.75, 3.05) is 6.61 Å². The molecule has 2 N–H and O–H groups in total. The molecule has 1 aromatic carbocycles. The molecule has 0 radical (unpaired) electrons. The maximum Gasteiger partial charge on any atom is 0.224 e. The van der Waals surface area contributed by atoms with Crippen molar-refractivity contribution in [3.8, 4) is 5.75 Å². The summed E-state index contributed by atoms with van der Waals surface area (Å²) in [5.74, 6) is 1.27. The summed E-state index contributed by atoms with van der Waals surface area (Å²) in [4.78, 5) is 19.1. The molecule has 0 bridgehead atoms. The maximum atomic E-state index is 11.9. The third-order valence-electron chi connectivity index (χ3n) is 3.02. The van der Waals surface area contributed by atoms with Crippen molar-refractivity contribution in [2.45, 2.75) is 25.8 Å². The molecule has 112 valence electrons. The Bertz CT molecular complexity index is 572. The molecular formula is C15H18ClN3O2. The SMILES string of the molecule is CCC(NC(=O)CCOc1ccccc1Cl)c1ncc[nH]1. The fraction of sp³-hybridized carbons (Fsp3) is 0.333. The van der Waals surface area contributed by atoms with E-state index in [1.807, 2.05) is 19.1 Å². The third kappa shape index (κ3) is 4.49. The summed E-state index contributed by atoms with van der Waals surface area (Å²) in [7, 11) is 0. The summed E-state index contributed by atoms with van der Waals surface area (Å²) in [5, 5.41) is 3.47. The van der Waals surface area contributed by atoms with E-state index in [0.29, 0.717) is 10.8 Å². The molecule has 0 aliphatic rings. The van der Waals surface area contributed by atoms with E-state index in [4.69, 9.17) is 16.3 Å². The van der Waals surface area contributed by atoms with Crippen LogP contribution >= 0.6 is 11.6 Å². The minimum absolute atomic E-state index is 0.0784. The van der Waals surface area contributed by atoms with E-state index < -0.39 is 0 Å². The number of ether oxygens (including phenoxy) is 1. The van der Waals surface area contributed by atoms with Crippen LogP contribution in [0.15, 0.2) is 36.7 Å². The highest BCUT2D eigenvalue weighted by Gasteiger charge is 2.14. The average molecular weight is 308 g/mol. The highest BCUT2D eigenvalue weighted by molar-refractivity contribution is 6.32. The van der Waals surface area contributed by atoms with Crippen molar-refractivity contribution in [2.24, 2.45) is 0 Å². The molecule has 0 aliphatic carbocycles. The van der Waals surface area contributed by atoms with Crippen LogP contribution < -0.4 is 10.1 Å². The second-order valence-electron chi connectivity index (χ2n) is 4.53. The summed E-state index contributed by atoms with van der Waals surface area (Å²) in [6.07, 6.45) is 4.45. The summed E-state index contributed by atoms with van der Waals surface area (Å²) < 4.78 is 5.50. The normalized spacial score (nSPS) is 11.9. The number of carbonyl (C=O) groups is 1. The first kappa shape index (κ1) is 15.4. The summed E-state index contributed by atoms with van der Waals surface area (Å²) in [6.45, 7) is 2.28. The van der Waals surface area contributed by atoms with Crippen molar-refractivity contribution in [1.82, 2.24) is 15.3 Å². The largest absolute Gasteiger partial charge is 0.491 e. The smallest absolute Gasteiger partial charge is 0.224 e. The monoisotopic (exact) mass is 307 g/mol. The zero-order valence-electron chi connectivity index (χ0n) is 11.8. The number of nitrogens with one attached hydrogen (secondary N) is 2. The van der Waals surface area contributed by atoms with E-state index in [1.54, 1.807) is 24.5 Å². The first-order valence-corrected chi connectivity index (χ1v) is 7.24. The Morgan fingerprint density at radius 3 is 2.95 bits per heavy atom. The van der Waals surface area contributed by atoms with Crippen LogP contribution in [0.3, 0.4) is 0 Å². The molecule has 2 rings (SSSR count). The topological polar surface area (TPSA) is 67.0 Å². The lowest BCUT2D eigenvalue weighted by atomic mass is 10.2. The van der Waals surface area contributed by atoms with Crippen LogP contribution in [0.4, 0.5) is 0 Å². The molecule has 5 nitrogen and oxygen atoms in total. The van der Waals surface area contributed by atoms with Crippen molar-refractivity contribution < 1.29 is 9.53 Å². The zero-order chi connectivity index (χ0) is 15.1. The molecule has 1 heterocycles. The molecule has 6 heteroatoms. The Kier molecular flexibility index (Phi) is 5.63. The Hall–Kier alpha value is -2.01. The van der Waals surface area contributed by atoms with E-state index in [0.717, 1.165) is 12.2 Å². The first-order valence-electron chi connectivity index (χ1n) is 6.86. The van der Waals surface area contributed by atoms with Gasteiger partial charge in [-0.1, -0.05) is 30.7 Å². The molecule has 1 amide bonds. The van der Waals surface area contributed by atoms with Crippen molar-refractivity contribution in [3.63, 3.8) is 0 Å². The number of para-hydroxylation sites is 1. The molecule has 1 unspecified atom stereocenters. The molecule has 0 saturated heterocycles. The van der Waals surface area contributed by atoms with Gasteiger partial charge in [-0.3, -0.25) is 4.79 Å². The molecule has 0 saturated carbocycles. The number of amides is 1. The predicted molar refractivity (Wildman–Crippen MR) is 81.3 cm³/mol. The summed E-state index contributed by atoms with van der Waals surface area (Å²) in [6, 6.07) is 7.09. The van der Waals surface area contributed by atoms with Crippen LogP contribution in [0.25, 0.3) is 0 Å². The van der Waals surface area contributed by atoms with Crippen LogP contribution in [0.1, 0.15) is 31.6 Å². The van der Waals surface area contributed by atoms with Crippen LogP contribution in [0.5, 0.6) is 5.75 Å². The number of benzene rings is 1. The number of nitrogens with zero attached hydrogens (tertiary/aromatic N) is 1. The molecule has 1 atom stereocenters. The van der Waals surface area contributed by atoms with E-state index in [2.05, 4.69) is 15.3 Å². The number of hydrogen-bond acceptors (Lipinski definition) is 3. The fourth-order valence-corrected chi connectivity index (χ4v) is 2.10. The summed E-state index contributed by atoms with van der Waals surface area (Å²) >= 11 is 5.98. The van der Waals surface area contributed by atoms with Gasteiger partial charge in [0.2, 0.25) is 5.91 Å². The average Bonchev–Trinajstić information content (AvgIpc) is 3.01. The lowest BCUT2D eigenvalue weighted by Gasteiger charge is -2.15. The van der Waals surface area contributed by atoms with E-state index in [9.17, 15) is 4.79 Å². The van der Waals surface area contributed by atoms with Crippen LogP contribution in [0.2, 0.25) is 5.02 Å². The molecule has 2 aromatic rings.